The second kappa shape index (κ2) is 6.32. The quantitative estimate of drug-likeness (QED) is 0.687. The number of nitrogens with zero attached hydrogens (tertiary/aromatic N) is 2. The lowest BCUT2D eigenvalue weighted by Crippen LogP contribution is -2.45. The van der Waals surface area contributed by atoms with Gasteiger partial charge in [0.2, 0.25) is 5.91 Å². The molecule has 1 amide bonds. The van der Waals surface area contributed by atoms with Crippen LogP contribution >= 0.6 is 0 Å². The molecule has 1 aromatic carbocycles. The van der Waals surface area contributed by atoms with E-state index < -0.39 is 6.04 Å². The molecule has 1 aromatic rings. The summed E-state index contributed by atoms with van der Waals surface area (Å²) in [7, 11) is 4.02. The van der Waals surface area contributed by atoms with E-state index in [0.717, 1.165) is 18.5 Å². The van der Waals surface area contributed by atoms with Crippen molar-refractivity contribution in [2.24, 2.45) is 5.73 Å². The number of likely N-dealkylation sites (tertiary alicyclic amines) is 1. The predicted molar refractivity (Wildman–Crippen MR) is 80.1 cm³/mol. The van der Waals surface area contributed by atoms with Gasteiger partial charge in [-0.2, -0.15) is 0 Å². The summed E-state index contributed by atoms with van der Waals surface area (Å²) in [6.07, 6.45) is 1.31. The van der Waals surface area contributed by atoms with Crippen molar-refractivity contribution in [2.75, 3.05) is 27.2 Å². The van der Waals surface area contributed by atoms with Crippen molar-refractivity contribution in [3.63, 3.8) is 0 Å². The van der Waals surface area contributed by atoms with Gasteiger partial charge in [0.15, 0.2) is 11.5 Å². The Morgan fingerprint density at radius 2 is 2.14 bits per heavy atom. The summed E-state index contributed by atoms with van der Waals surface area (Å²) in [6, 6.07) is 4.26. The second-order valence-corrected chi connectivity index (χ2v) is 5.82. The number of aromatic hydroxyl groups is 2. The number of amides is 1. The number of likely N-dealkylation sites (N-methyl/N-ethyl adjacent to an activating group) is 1. The molecule has 1 unspecified atom stereocenters. The monoisotopic (exact) mass is 293 g/mol. The Morgan fingerprint density at radius 1 is 1.43 bits per heavy atom. The maximum Gasteiger partial charge on any atom is 0.239 e. The molecular weight excluding hydrogens is 270 g/mol. The number of carbonyl (C=O) groups is 1. The molecular formula is C15H23N3O3. The number of benzene rings is 1. The molecule has 4 N–H and O–H groups in total. The number of hydrogen-bond acceptors (Lipinski definition) is 5. The summed E-state index contributed by atoms with van der Waals surface area (Å²) < 4.78 is 0. The van der Waals surface area contributed by atoms with E-state index in [9.17, 15) is 15.0 Å². The first-order valence-electron chi connectivity index (χ1n) is 7.10. The van der Waals surface area contributed by atoms with Crippen LogP contribution in [0, 0.1) is 0 Å². The summed E-state index contributed by atoms with van der Waals surface area (Å²) in [4.78, 5) is 16.3. The highest BCUT2D eigenvalue weighted by molar-refractivity contribution is 5.82. The van der Waals surface area contributed by atoms with E-state index in [1.54, 1.807) is 11.0 Å². The van der Waals surface area contributed by atoms with Gasteiger partial charge in [0, 0.05) is 19.1 Å². The molecule has 0 bridgehead atoms. The van der Waals surface area contributed by atoms with Crippen molar-refractivity contribution < 1.29 is 15.0 Å². The summed E-state index contributed by atoms with van der Waals surface area (Å²) in [5.74, 6) is -0.431. The molecule has 1 heterocycles. The van der Waals surface area contributed by atoms with Crippen molar-refractivity contribution in [1.82, 2.24) is 9.80 Å². The van der Waals surface area contributed by atoms with Gasteiger partial charge < -0.3 is 25.7 Å². The van der Waals surface area contributed by atoms with Crippen molar-refractivity contribution in [3.05, 3.63) is 23.8 Å². The third-order valence-electron chi connectivity index (χ3n) is 4.02. The molecule has 0 spiro atoms. The Balaban J connectivity index is 1.95. The average Bonchev–Trinajstić information content (AvgIpc) is 2.92. The summed E-state index contributed by atoms with van der Waals surface area (Å²) >= 11 is 0. The van der Waals surface area contributed by atoms with Crippen LogP contribution < -0.4 is 5.73 Å². The topological polar surface area (TPSA) is 90.0 Å². The molecule has 1 aliphatic rings. The molecule has 1 fully saturated rings. The Bertz CT molecular complexity index is 519. The zero-order valence-electron chi connectivity index (χ0n) is 12.5. The summed E-state index contributed by atoms with van der Waals surface area (Å²) in [5, 5.41) is 18.7. The van der Waals surface area contributed by atoms with E-state index >= 15 is 0 Å². The molecule has 0 aromatic heterocycles. The molecule has 6 heteroatoms. The van der Waals surface area contributed by atoms with E-state index in [2.05, 4.69) is 4.90 Å². The number of phenolic OH excluding ortho intramolecular Hbond substituents is 2. The van der Waals surface area contributed by atoms with E-state index in [0.29, 0.717) is 19.0 Å². The molecule has 1 saturated heterocycles. The molecule has 1 aliphatic heterocycles. The lowest BCUT2D eigenvalue weighted by Gasteiger charge is -2.23. The van der Waals surface area contributed by atoms with Gasteiger partial charge in [-0.25, -0.2) is 0 Å². The Kier molecular flexibility index (Phi) is 4.69. The van der Waals surface area contributed by atoms with Crippen LogP contribution in [0.5, 0.6) is 11.5 Å². The predicted octanol–water partition coefficient (Wildman–Crippen LogP) is 0.130. The molecule has 0 radical (unpaired) electrons. The highest BCUT2D eigenvalue weighted by atomic mass is 16.3. The smallest absolute Gasteiger partial charge is 0.239 e. The van der Waals surface area contributed by atoms with Gasteiger partial charge in [-0.05, 0) is 44.6 Å². The van der Waals surface area contributed by atoms with Crippen molar-refractivity contribution in [2.45, 2.75) is 24.9 Å². The van der Waals surface area contributed by atoms with Gasteiger partial charge in [-0.1, -0.05) is 6.07 Å². The molecule has 2 atom stereocenters. The van der Waals surface area contributed by atoms with E-state index in [4.69, 9.17) is 5.73 Å². The van der Waals surface area contributed by atoms with Crippen LogP contribution in [0.1, 0.15) is 12.0 Å². The molecule has 116 valence electrons. The number of rotatable bonds is 4. The minimum absolute atomic E-state index is 0.0630. The van der Waals surface area contributed by atoms with Crippen molar-refractivity contribution >= 4 is 5.91 Å². The van der Waals surface area contributed by atoms with Crippen LogP contribution in [0.25, 0.3) is 0 Å². The SMILES string of the molecule is CN(C)C1CCN(C(=O)[C@@H](N)Cc2ccc(O)c(O)c2)C1. The zero-order chi connectivity index (χ0) is 15.6. The fourth-order valence-corrected chi connectivity index (χ4v) is 2.64. The van der Waals surface area contributed by atoms with Gasteiger partial charge in [0.05, 0.1) is 6.04 Å². The van der Waals surface area contributed by atoms with Gasteiger partial charge in [0.25, 0.3) is 0 Å². The fraction of sp³-hybridized carbons (Fsp3) is 0.533. The number of phenols is 2. The Labute approximate surface area is 124 Å². The molecule has 21 heavy (non-hydrogen) atoms. The van der Waals surface area contributed by atoms with Gasteiger partial charge in [-0.3, -0.25) is 4.79 Å². The minimum Gasteiger partial charge on any atom is -0.504 e. The normalized spacial score (nSPS) is 20.0. The Hall–Kier alpha value is -1.79. The van der Waals surface area contributed by atoms with Crippen molar-refractivity contribution in [1.29, 1.82) is 0 Å². The standard InChI is InChI=1S/C15H23N3O3/c1-17(2)11-5-6-18(9-11)15(21)12(16)7-10-3-4-13(19)14(20)8-10/h3-4,8,11-12,19-20H,5-7,9,16H2,1-2H3/t11?,12-/m0/s1. The highest BCUT2D eigenvalue weighted by Gasteiger charge is 2.30. The molecule has 0 saturated carbocycles. The van der Waals surface area contributed by atoms with Crippen LogP contribution in [0.2, 0.25) is 0 Å². The first kappa shape index (κ1) is 15.6. The third-order valence-corrected chi connectivity index (χ3v) is 4.02. The van der Waals surface area contributed by atoms with Gasteiger partial charge in [-0.15, -0.1) is 0 Å². The fourth-order valence-electron chi connectivity index (χ4n) is 2.64. The highest BCUT2D eigenvalue weighted by Crippen LogP contribution is 2.25. The molecule has 2 rings (SSSR count). The number of carbonyl (C=O) groups excluding carboxylic acids is 1. The van der Waals surface area contributed by atoms with Gasteiger partial charge >= 0.3 is 0 Å². The first-order valence-corrected chi connectivity index (χ1v) is 7.10. The number of nitrogens with two attached hydrogens (primary N) is 1. The zero-order valence-corrected chi connectivity index (χ0v) is 12.5. The average molecular weight is 293 g/mol. The molecule has 6 nitrogen and oxygen atoms in total. The van der Waals surface area contributed by atoms with Crippen LogP contribution in [0.15, 0.2) is 18.2 Å². The largest absolute Gasteiger partial charge is 0.504 e. The van der Waals surface area contributed by atoms with Crippen LogP contribution in [0.4, 0.5) is 0 Å². The lowest BCUT2D eigenvalue weighted by molar-refractivity contribution is -0.131. The van der Waals surface area contributed by atoms with E-state index in [1.165, 1.54) is 12.1 Å². The summed E-state index contributed by atoms with van der Waals surface area (Å²) in [6.45, 7) is 1.44. The van der Waals surface area contributed by atoms with Crippen LogP contribution in [-0.4, -0.2) is 65.2 Å². The summed E-state index contributed by atoms with van der Waals surface area (Å²) in [5.41, 5.74) is 6.72. The second-order valence-electron chi connectivity index (χ2n) is 5.82. The van der Waals surface area contributed by atoms with Crippen LogP contribution in [-0.2, 0) is 11.2 Å². The van der Waals surface area contributed by atoms with Gasteiger partial charge in [0.1, 0.15) is 0 Å². The third kappa shape index (κ3) is 3.65. The van der Waals surface area contributed by atoms with Crippen LogP contribution in [0.3, 0.4) is 0 Å². The van der Waals surface area contributed by atoms with E-state index in [-0.39, 0.29) is 17.4 Å². The minimum atomic E-state index is -0.630. The lowest BCUT2D eigenvalue weighted by atomic mass is 10.0. The first-order chi connectivity index (χ1) is 9.88. The maximum absolute atomic E-state index is 12.3. The maximum atomic E-state index is 12.3. The Morgan fingerprint density at radius 3 is 2.71 bits per heavy atom. The van der Waals surface area contributed by atoms with E-state index in [1.807, 2.05) is 14.1 Å². The van der Waals surface area contributed by atoms with Crippen molar-refractivity contribution in [3.8, 4) is 11.5 Å². The number of hydrogen-bond donors (Lipinski definition) is 3. The molecule has 0 aliphatic carbocycles.